The second kappa shape index (κ2) is 4.74. The van der Waals surface area contributed by atoms with Gasteiger partial charge in [0.1, 0.15) is 6.33 Å². The Morgan fingerprint density at radius 2 is 2.25 bits per heavy atom. The summed E-state index contributed by atoms with van der Waals surface area (Å²) in [5.41, 5.74) is 5.90. The van der Waals surface area contributed by atoms with Crippen molar-refractivity contribution in [3.8, 4) is 0 Å². The minimum atomic E-state index is -0.300. The van der Waals surface area contributed by atoms with Gasteiger partial charge in [0.05, 0.1) is 5.69 Å². The molecule has 0 radical (unpaired) electrons. The van der Waals surface area contributed by atoms with Crippen LogP contribution in [0.25, 0.3) is 0 Å². The van der Waals surface area contributed by atoms with E-state index in [0.717, 1.165) is 25.8 Å². The number of rotatable bonds is 5. The first-order valence-electron chi connectivity index (χ1n) is 5.68. The lowest BCUT2D eigenvalue weighted by molar-refractivity contribution is 0.585. The van der Waals surface area contributed by atoms with Crippen molar-refractivity contribution in [3.05, 3.63) is 17.8 Å². The highest BCUT2D eigenvalue weighted by Crippen LogP contribution is 2.32. The molecular formula is C11H17FN4. The summed E-state index contributed by atoms with van der Waals surface area (Å²) in [5.74, 6) is 0.134. The van der Waals surface area contributed by atoms with Crippen molar-refractivity contribution in [2.24, 2.45) is 5.73 Å². The van der Waals surface area contributed by atoms with E-state index in [4.69, 9.17) is 5.73 Å². The smallest absolute Gasteiger partial charge is 0.186 e. The van der Waals surface area contributed by atoms with Crippen LogP contribution >= 0.6 is 0 Å². The van der Waals surface area contributed by atoms with Crippen LogP contribution < -0.4 is 10.6 Å². The Labute approximate surface area is 94.7 Å². The number of nitrogens with two attached hydrogens (primary N) is 1. The number of aryl methyl sites for hydroxylation is 1. The van der Waals surface area contributed by atoms with Crippen LogP contribution in [0.3, 0.4) is 0 Å². The quantitative estimate of drug-likeness (QED) is 0.817. The maximum absolute atomic E-state index is 13.9. The van der Waals surface area contributed by atoms with Gasteiger partial charge in [-0.3, -0.25) is 0 Å². The third kappa shape index (κ3) is 2.29. The Morgan fingerprint density at radius 3 is 2.88 bits per heavy atom. The van der Waals surface area contributed by atoms with Gasteiger partial charge in [0, 0.05) is 12.6 Å². The zero-order chi connectivity index (χ0) is 11.5. The van der Waals surface area contributed by atoms with Gasteiger partial charge in [-0.2, -0.15) is 0 Å². The topological polar surface area (TPSA) is 55.0 Å². The summed E-state index contributed by atoms with van der Waals surface area (Å²) >= 11 is 0. The standard InChI is InChI=1S/C11H17FN4/c1-8-10(12)11(15-7-14-8)16(6-2-5-13)9-3-4-9/h7,9H,2-6,13H2,1H3. The van der Waals surface area contributed by atoms with Crippen molar-refractivity contribution in [2.75, 3.05) is 18.0 Å². The van der Waals surface area contributed by atoms with Crippen LogP contribution in [-0.4, -0.2) is 29.1 Å². The monoisotopic (exact) mass is 224 g/mol. The first-order valence-corrected chi connectivity index (χ1v) is 5.68. The third-order valence-electron chi connectivity index (χ3n) is 2.81. The maximum atomic E-state index is 13.9. The minimum absolute atomic E-state index is 0.300. The van der Waals surface area contributed by atoms with E-state index in [0.29, 0.717) is 24.1 Å². The molecule has 1 aromatic rings. The second-order valence-corrected chi connectivity index (χ2v) is 4.16. The second-order valence-electron chi connectivity index (χ2n) is 4.16. The fourth-order valence-electron chi connectivity index (χ4n) is 1.75. The summed E-state index contributed by atoms with van der Waals surface area (Å²) in [6, 6.07) is 0.440. The number of anilines is 1. The summed E-state index contributed by atoms with van der Waals surface area (Å²) in [7, 11) is 0. The first kappa shape index (κ1) is 11.3. The van der Waals surface area contributed by atoms with Crippen molar-refractivity contribution in [3.63, 3.8) is 0 Å². The molecule has 88 valence electrons. The van der Waals surface area contributed by atoms with Crippen LogP contribution in [-0.2, 0) is 0 Å². The van der Waals surface area contributed by atoms with Crippen LogP contribution in [0.5, 0.6) is 0 Å². The van der Waals surface area contributed by atoms with Crippen molar-refractivity contribution in [1.82, 2.24) is 9.97 Å². The number of aromatic nitrogens is 2. The molecule has 0 atom stereocenters. The van der Waals surface area contributed by atoms with E-state index in [1.807, 2.05) is 4.90 Å². The highest BCUT2D eigenvalue weighted by Gasteiger charge is 2.31. The molecule has 0 aliphatic heterocycles. The van der Waals surface area contributed by atoms with Gasteiger partial charge in [0.2, 0.25) is 0 Å². The van der Waals surface area contributed by atoms with Crippen LogP contribution in [0.15, 0.2) is 6.33 Å². The highest BCUT2D eigenvalue weighted by molar-refractivity contribution is 5.43. The molecule has 0 unspecified atom stereocenters. The van der Waals surface area contributed by atoms with E-state index in [-0.39, 0.29) is 5.82 Å². The lowest BCUT2D eigenvalue weighted by Gasteiger charge is -2.23. The summed E-state index contributed by atoms with van der Waals surface area (Å²) in [4.78, 5) is 9.92. The van der Waals surface area contributed by atoms with Gasteiger partial charge in [-0.15, -0.1) is 0 Å². The molecule has 16 heavy (non-hydrogen) atoms. The predicted octanol–water partition coefficient (Wildman–Crippen LogP) is 1.24. The fraction of sp³-hybridized carbons (Fsp3) is 0.636. The predicted molar refractivity (Wildman–Crippen MR) is 60.8 cm³/mol. The molecule has 1 aliphatic carbocycles. The average Bonchev–Trinajstić information content (AvgIpc) is 3.08. The number of hydrogen-bond donors (Lipinski definition) is 1. The van der Waals surface area contributed by atoms with Crippen LogP contribution in [0.1, 0.15) is 25.0 Å². The van der Waals surface area contributed by atoms with Gasteiger partial charge < -0.3 is 10.6 Å². The molecule has 0 aromatic carbocycles. The van der Waals surface area contributed by atoms with E-state index in [2.05, 4.69) is 9.97 Å². The molecule has 1 aliphatic rings. The lowest BCUT2D eigenvalue weighted by atomic mass is 10.3. The van der Waals surface area contributed by atoms with Crippen LogP contribution in [0.2, 0.25) is 0 Å². The molecule has 0 saturated heterocycles. The van der Waals surface area contributed by atoms with Crippen molar-refractivity contribution >= 4 is 5.82 Å². The Bertz CT molecular complexity index is 365. The molecule has 1 heterocycles. The normalized spacial score (nSPS) is 15.2. The van der Waals surface area contributed by atoms with Gasteiger partial charge in [-0.05, 0) is 32.7 Å². The van der Waals surface area contributed by atoms with E-state index in [9.17, 15) is 4.39 Å². The first-order chi connectivity index (χ1) is 7.74. The largest absolute Gasteiger partial charge is 0.351 e. The number of nitrogens with zero attached hydrogens (tertiary/aromatic N) is 3. The lowest BCUT2D eigenvalue weighted by Crippen LogP contribution is -2.30. The Hall–Kier alpha value is -1.23. The Balaban J connectivity index is 2.20. The molecule has 4 nitrogen and oxygen atoms in total. The molecule has 0 spiro atoms. The van der Waals surface area contributed by atoms with Crippen molar-refractivity contribution < 1.29 is 4.39 Å². The fourth-order valence-corrected chi connectivity index (χ4v) is 1.75. The van der Waals surface area contributed by atoms with Gasteiger partial charge >= 0.3 is 0 Å². The van der Waals surface area contributed by atoms with E-state index in [1.54, 1.807) is 6.92 Å². The van der Waals surface area contributed by atoms with Gasteiger partial charge in [-0.1, -0.05) is 0 Å². The molecule has 5 heteroatoms. The summed E-state index contributed by atoms with van der Waals surface area (Å²) < 4.78 is 13.9. The number of hydrogen-bond acceptors (Lipinski definition) is 4. The molecule has 1 fully saturated rings. The molecule has 2 N–H and O–H groups in total. The summed E-state index contributed by atoms with van der Waals surface area (Å²) in [6.45, 7) is 3.05. The van der Waals surface area contributed by atoms with E-state index in [1.165, 1.54) is 6.33 Å². The zero-order valence-corrected chi connectivity index (χ0v) is 9.49. The van der Waals surface area contributed by atoms with E-state index >= 15 is 0 Å². The summed E-state index contributed by atoms with van der Waals surface area (Å²) in [6.07, 6.45) is 4.52. The molecule has 0 amide bonds. The number of halogens is 1. The minimum Gasteiger partial charge on any atom is -0.351 e. The molecular weight excluding hydrogens is 207 g/mol. The van der Waals surface area contributed by atoms with Gasteiger partial charge in [0.25, 0.3) is 0 Å². The van der Waals surface area contributed by atoms with Crippen LogP contribution in [0, 0.1) is 12.7 Å². The van der Waals surface area contributed by atoms with Crippen LogP contribution in [0.4, 0.5) is 10.2 Å². The van der Waals surface area contributed by atoms with E-state index < -0.39 is 0 Å². The average molecular weight is 224 g/mol. The molecule has 1 aromatic heterocycles. The molecule has 0 bridgehead atoms. The highest BCUT2D eigenvalue weighted by atomic mass is 19.1. The SMILES string of the molecule is Cc1ncnc(N(CCCN)C2CC2)c1F. The Morgan fingerprint density at radius 1 is 1.50 bits per heavy atom. The molecule has 2 rings (SSSR count). The molecule has 1 saturated carbocycles. The zero-order valence-electron chi connectivity index (χ0n) is 9.49. The third-order valence-corrected chi connectivity index (χ3v) is 2.81. The maximum Gasteiger partial charge on any atom is 0.186 e. The van der Waals surface area contributed by atoms with Crippen molar-refractivity contribution in [2.45, 2.75) is 32.2 Å². The summed E-state index contributed by atoms with van der Waals surface area (Å²) in [5, 5.41) is 0. The van der Waals surface area contributed by atoms with Gasteiger partial charge in [-0.25, -0.2) is 14.4 Å². The van der Waals surface area contributed by atoms with Gasteiger partial charge in [0.15, 0.2) is 11.6 Å². The Kier molecular flexibility index (Phi) is 3.33. The van der Waals surface area contributed by atoms with Crippen molar-refractivity contribution in [1.29, 1.82) is 0 Å².